The highest BCUT2D eigenvalue weighted by Gasteiger charge is 2.30. The Morgan fingerprint density at radius 2 is 2.03 bits per heavy atom. The Labute approximate surface area is 185 Å². The lowest BCUT2D eigenvalue weighted by atomic mass is 9.79. The van der Waals surface area contributed by atoms with Crippen molar-refractivity contribution in [2.75, 3.05) is 26.7 Å². The summed E-state index contributed by atoms with van der Waals surface area (Å²) in [6.07, 6.45) is 11.7. The van der Waals surface area contributed by atoms with Crippen LogP contribution in [0.1, 0.15) is 56.9 Å². The maximum Gasteiger partial charge on any atom is 0.303 e. The number of carbonyl (C=O) groups is 1. The maximum absolute atomic E-state index is 11.2. The zero-order valence-electron chi connectivity index (χ0n) is 18.8. The van der Waals surface area contributed by atoms with Gasteiger partial charge < -0.3 is 14.7 Å². The Bertz CT molecular complexity index is 880. The summed E-state index contributed by atoms with van der Waals surface area (Å²) in [7, 11) is 1.70. The lowest BCUT2D eigenvalue weighted by molar-refractivity contribution is -0.137. The second kappa shape index (κ2) is 10.4. The zero-order valence-corrected chi connectivity index (χ0v) is 18.8. The molecule has 2 fully saturated rings. The van der Waals surface area contributed by atoms with Crippen molar-refractivity contribution in [2.45, 2.75) is 57.8 Å². The monoisotopic (exact) mass is 424 g/mol. The molecule has 0 spiro atoms. The number of benzene rings is 1. The van der Waals surface area contributed by atoms with E-state index in [0.717, 1.165) is 43.0 Å². The number of pyridine rings is 1. The molecule has 1 saturated carbocycles. The first-order valence-electron chi connectivity index (χ1n) is 12.0. The van der Waals surface area contributed by atoms with Crippen molar-refractivity contribution in [1.29, 1.82) is 0 Å². The van der Waals surface area contributed by atoms with Crippen LogP contribution in [-0.2, 0) is 11.2 Å². The number of carboxylic acid groups (broad SMARTS) is 1. The van der Waals surface area contributed by atoms with Gasteiger partial charge in [0.25, 0.3) is 0 Å². The molecule has 2 aromatic rings. The number of nitrogens with zero attached hydrogens (tertiary/aromatic N) is 2. The number of hydrogen-bond donors (Lipinski definition) is 1. The smallest absolute Gasteiger partial charge is 0.303 e. The van der Waals surface area contributed by atoms with E-state index >= 15 is 0 Å². The molecule has 168 valence electrons. The Morgan fingerprint density at radius 1 is 1.16 bits per heavy atom. The molecule has 1 N–H and O–H groups in total. The highest BCUT2D eigenvalue weighted by atomic mass is 16.5. The van der Waals surface area contributed by atoms with Gasteiger partial charge in [0.05, 0.1) is 12.6 Å². The van der Waals surface area contributed by atoms with E-state index in [1.807, 2.05) is 18.3 Å². The van der Waals surface area contributed by atoms with Gasteiger partial charge in [-0.25, -0.2) is 0 Å². The fourth-order valence-electron chi connectivity index (χ4n) is 5.23. The van der Waals surface area contributed by atoms with Gasteiger partial charge in [0.15, 0.2) is 0 Å². The highest BCUT2D eigenvalue weighted by molar-refractivity contribution is 5.83. The van der Waals surface area contributed by atoms with Crippen molar-refractivity contribution in [3.05, 3.63) is 36.0 Å². The van der Waals surface area contributed by atoms with E-state index in [9.17, 15) is 9.90 Å². The van der Waals surface area contributed by atoms with Gasteiger partial charge in [-0.1, -0.05) is 12.8 Å². The van der Waals surface area contributed by atoms with Gasteiger partial charge in [0.1, 0.15) is 5.75 Å². The number of likely N-dealkylation sites (tertiary alicyclic amines) is 1. The maximum atomic E-state index is 11.2. The molecule has 0 amide bonds. The molecule has 1 aromatic heterocycles. The van der Waals surface area contributed by atoms with Crippen LogP contribution in [-0.4, -0.2) is 47.7 Å². The van der Waals surface area contributed by atoms with Crippen LogP contribution >= 0.6 is 0 Å². The van der Waals surface area contributed by atoms with E-state index in [2.05, 4.69) is 22.0 Å². The number of carboxylic acids is 1. The predicted octanol–water partition coefficient (Wildman–Crippen LogP) is 5.17. The van der Waals surface area contributed by atoms with Crippen molar-refractivity contribution in [3.63, 3.8) is 0 Å². The van der Waals surface area contributed by atoms with Gasteiger partial charge in [-0.05, 0) is 99.2 Å². The number of hydrogen-bond acceptors (Lipinski definition) is 4. The van der Waals surface area contributed by atoms with Crippen molar-refractivity contribution < 1.29 is 14.6 Å². The van der Waals surface area contributed by atoms with E-state index in [-0.39, 0.29) is 0 Å². The summed E-state index contributed by atoms with van der Waals surface area (Å²) in [5.41, 5.74) is 2.34. The van der Waals surface area contributed by atoms with E-state index in [0.29, 0.717) is 18.3 Å². The topological polar surface area (TPSA) is 62.7 Å². The number of methoxy groups -OCH3 is 1. The van der Waals surface area contributed by atoms with Crippen LogP contribution in [0.4, 0.5) is 0 Å². The zero-order chi connectivity index (χ0) is 21.6. The summed E-state index contributed by atoms with van der Waals surface area (Å²) in [6.45, 7) is 3.46. The number of piperidine rings is 1. The standard InChI is InChI=1S/C26H36N2O3/c1-31-23-8-9-25-24(17-23)21(11-14-27-25)4-2-3-20-13-16-28(15-12-19-5-6-19)18-22(20)7-10-26(29)30/h8-9,11,14,17,19-20,22H,2-7,10,12-13,15-16,18H2,1H3,(H,29,30). The van der Waals surface area contributed by atoms with Crippen LogP contribution in [0.5, 0.6) is 5.75 Å². The molecule has 2 atom stereocenters. The molecular formula is C26H36N2O3. The van der Waals surface area contributed by atoms with E-state index in [1.54, 1.807) is 7.11 Å². The normalized spacial score (nSPS) is 22.0. The quantitative estimate of drug-likeness (QED) is 0.539. The second-order valence-corrected chi connectivity index (χ2v) is 9.52. The molecule has 1 aliphatic carbocycles. The van der Waals surface area contributed by atoms with Crippen LogP contribution in [0, 0.1) is 17.8 Å². The van der Waals surface area contributed by atoms with Crippen LogP contribution < -0.4 is 4.74 Å². The van der Waals surface area contributed by atoms with Gasteiger partial charge in [-0.15, -0.1) is 0 Å². The fraction of sp³-hybridized carbons (Fsp3) is 0.615. The molecule has 0 bridgehead atoms. The number of rotatable bonds is 11. The summed E-state index contributed by atoms with van der Waals surface area (Å²) in [6, 6.07) is 8.20. The summed E-state index contributed by atoms with van der Waals surface area (Å²) in [5.74, 6) is 2.32. The van der Waals surface area contributed by atoms with Crippen LogP contribution in [0.15, 0.2) is 30.5 Å². The van der Waals surface area contributed by atoms with Crippen molar-refractivity contribution in [1.82, 2.24) is 9.88 Å². The molecule has 1 saturated heterocycles. The molecule has 0 radical (unpaired) electrons. The third-order valence-corrected chi connectivity index (χ3v) is 7.32. The first-order chi connectivity index (χ1) is 15.1. The van der Waals surface area contributed by atoms with Crippen molar-refractivity contribution >= 4 is 16.9 Å². The fourth-order valence-corrected chi connectivity index (χ4v) is 5.23. The lowest BCUT2D eigenvalue weighted by Crippen LogP contribution is -2.41. The summed E-state index contributed by atoms with van der Waals surface area (Å²) in [4.78, 5) is 18.3. The van der Waals surface area contributed by atoms with Crippen molar-refractivity contribution in [3.8, 4) is 5.75 Å². The minimum absolute atomic E-state index is 0.298. The van der Waals surface area contributed by atoms with Gasteiger partial charge in [-0.2, -0.15) is 0 Å². The highest BCUT2D eigenvalue weighted by Crippen LogP contribution is 2.35. The molecule has 2 heterocycles. The molecule has 1 aliphatic heterocycles. The molecule has 2 unspecified atom stereocenters. The number of ether oxygens (including phenoxy) is 1. The first kappa shape index (κ1) is 22.1. The van der Waals surface area contributed by atoms with Crippen LogP contribution in [0.3, 0.4) is 0 Å². The molecule has 4 rings (SSSR count). The number of aromatic nitrogens is 1. The van der Waals surface area contributed by atoms with Gasteiger partial charge in [0.2, 0.25) is 0 Å². The molecule has 2 aliphatic rings. The molecule has 5 heteroatoms. The Morgan fingerprint density at radius 3 is 2.81 bits per heavy atom. The average Bonchev–Trinajstić information content (AvgIpc) is 3.61. The van der Waals surface area contributed by atoms with Crippen LogP contribution in [0.25, 0.3) is 10.9 Å². The van der Waals surface area contributed by atoms with Gasteiger partial charge in [-0.3, -0.25) is 9.78 Å². The summed E-state index contributed by atoms with van der Waals surface area (Å²) < 4.78 is 5.41. The predicted molar refractivity (Wildman–Crippen MR) is 123 cm³/mol. The molecule has 1 aromatic carbocycles. The minimum atomic E-state index is -0.661. The third kappa shape index (κ3) is 6.19. The third-order valence-electron chi connectivity index (χ3n) is 7.32. The van der Waals surface area contributed by atoms with Gasteiger partial charge >= 0.3 is 5.97 Å². The minimum Gasteiger partial charge on any atom is -0.497 e. The second-order valence-electron chi connectivity index (χ2n) is 9.52. The molecule has 5 nitrogen and oxygen atoms in total. The van der Waals surface area contributed by atoms with E-state index < -0.39 is 5.97 Å². The Hall–Kier alpha value is -2.14. The number of fused-ring (bicyclic) bond motifs is 1. The SMILES string of the molecule is COc1ccc2nccc(CCCC3CCN(CCC4CC4)CC3CCC(=O)O)c2c1. The number of aryl methyl sites for hydroxylation is 1. The largest absolute Gasteiger partial charge is 0.497 e. The van der Waals surface area contributed by atoms with E-state index in [4.69, 9.17) is 4.74 Å². The van der Waals surface area contributed by atoms with E-state index in [1.165, 1.54) is 56.1 Å². The first-order valence-corrected chi connectivity index (χ1v) is 12.0. The molecular weight excluding hydrogens is 388 g/mol. The number of aliphatic carboxylic acids is 1. The molecule has 31 heavy (non-hydrogen) atoms. The lowest BCUT2D eigenvalue weighted by Gasteiger charge is -2.39. The summed E-state index contributed by atoms with van der Waals surface area (Å²) >= 11 is 0. The van der Waals surface area contributed by atoms with Crippen LogP contribution in [0.2, 0.25) is 0 Å². The van der Waals surface area contributed by atoms with Gasteiger partial charge in [0, 0.05) is 24.5 Å². The van der Waals surface area contributed by atoms with Crippen molar-refractivity contribution in [2.24, 2.45) is 17.8 Å². The Balaban J connectivity index is 1.34. The Kier molecular flexibility index (Phi) is 7.44. The summed E-state index contributed by atoms with van der Waals surface area (Å²) in [5, 5.41) is 10.4. The average molecular weight is 425 g/mol.